The third-order valence-corrected chi connectivity index (χ3v) is 4.47. The van der Waals surface area contributed by atoms with Crippen molar-refractivity contribution in [2.75, 3.05) is 13.7 Å². The van der Waals surface area contributed by atoms with Crippen molar-refractivity contribution in [1.82, 2.24) is 9.78 Å². The van der Waals surface area contributed by atoms with Crippen LogP contribution in [-0.4, -0.2) is 46.3 Å². The number of aromatic nitrogens is 2. The molecule has 134 valence electrons. The van der Waals surface area contributed by atoms with E-state index in [9.17, 15) is 9.90 Å². The number of carboxylic acids is 1. The van der Waals surface area contributed by atoms with E-state index in [1.165, 1.54) is 6.20 Å². The quantitative estimate of drug-likeness (QED) is 0.866. The molecule has 0 saturated carbocycles. The molecule has 0 bridgehead atoms. The fourth-order valence-corrected chi connectivity index (χ4v) is 3.05. The number of methoxy groups -OCH3 is 1. The van der Waals surface area contributed by atoms with Gasteiger partial charge in [0.25, 0.3) is 0 Å². The van der Waals surface area contributed by atoms with Crippen LogP contribution in [0.25, 0.3) is 5.69 Å². The van der Waals surface area contributed by atoms with Crippen molar-refractivity contribution in [2.24, 2.45) is 0 Å². The van der Waals surface area contributed by atoms with Crippen molar-refractivity contribution in [3.8, 4) is 17.2 Å². The summed E-state index contributed by atoms with van der Waals surface area (Å²) in [4.78, 5) is 11.9. The highest BCUT2D eigenvalue weighted by atomic mass is 16.5. The molecule has 0 spiro atoms. The van der Waals surface area contributed by atoms with Crippen LogP contribution in [0.5, 0.6) is 11.5 Å². The van der Waals surface area contributed by atoms with Crippen molar-refractivity contribution in [3.05, 3.63) is 36.7 Å². The largest absolute Gasteiger partial charge is 0.494 e. The molecule has 7 heteroatoms. The van der Waals surface area contributed by atoms with Crippen LogP contribution in [0, 0.1) is 0 Å². The molecule has 0 radical (unpaired) electrons. The number of benzene rings is 1. The number of hydrogen-bond acceptors (Lipinski definition) is 5. The van der Waals surface area contributed by atoms with Crippen molar-refractivity contribution < 1.29 is 24.1 Å². The SMILES string of the molecule is CCC1CC(Oc2cnn(-c3ccccc3OC)c2)(C(=O)O)CCO1. The van der Waals surface area contributed by atoms with Crippen LogP contribution in [0.2, 0.25) is 0 Å². The van der Waals surface area contributed by atoms with Crippen molar-refractivity contribution in [3.63, 3.8) is 0 Å². The molecule has 1 saturated heterocycles. The van der Waals surface area contributed by atoms with Gasteiger partial charge in [-0.25, -0.2) is 9.48 Å². The molecular weight excluding hydrogens is 324 g/mol. The smallest absolute Gasteiger partial charge is 0.348 e. The molecule has 1 aromatic heterocycles. The second-order valence-electron chi connectivity index (χ2n) is 6.05. The van der Waals surface area contributed by atoms with Crippen LogP contribution in [0.1, 0.15) is 26.2 Å². The maximum absolute atomic E-state index is 11.9. The Bertz CT molecular complexity index is 745. The molecule has 1 aliphatic rings. The van der Waals surface area contributed by atoms with Gasteiger partial charge in [0, 0.05) is 12.8 Å². The van der Waals surface area contributed by atoms with Gasteiger partial charge in [0.1, 0.15) is 11.4 Å². The fraction of sp³-hybridized carbons (Fsp3) is 0.444. The summed E-state index contributed by atoms with van der Waals surface area (Å²) in [6, 6.07) is 7.45. The zero-order valence-corrected chi connectivity index (χ0v) is 14.3. The van der Waals surface area contributed by atoms with Crippen molar-refractivity contribution in [1.29, 1.82) is 0 Å². The molecule has 2 atom stereocenters. The number of aliphatic carboxylic acids is 1. The first-order chi connectivity index (χ1) is 12.1. The van der Waals surface area contributed by atoms with Gasteiger partial charge in [-0.1, -0.05) is 19.1 Å². The van der Waals surface area contributed by atoms with Gasteiger partial charge >= 0.3 is 5.97 Å². The summed E-state index contributed by atoms with van der Waals surface area (Å²) in [6.07, 6.45) is 4.44. The number of hydrogen-bond donors (Lipinski definition) is 1. The van der Waals surface area contributed by atoms with Crippen LogP contribution in [0.3, 0.4) is 0 Å². The maximum Gasteiger partial charge on any atom is 0.348 e. The topological polar surface area (TPSA) is 82.8 Å². The summed E-state index contributed by atoms with van der Waals surface area (Å²) < 4.78 is 18.4. The summed E-state index contributed by atoms with van der Waals surface area (Å²) in [6.45, 7) is 2.34. The standard InChI is InChI=1S/C18H22N2O5/c1-3-13-10-18(17(21)22,8-9-24-13)25-14-11-19-20(12-14)15-6-4-5-7-16(15)23-2/h4-7,11-13H,3,8-10H2,1-2H3,(H,21,22). The van der Waals surface area contributed by atoms with Gasteiger partial charge in [-0.3, -0.25) is 0 Å². The third-order valence-electron chi connectivity index (χ3n) is 4.47. The second kappa shape index (κ2) is 7.14. The number of nitrogens with zero attached hydrogens (tertiary/aromatic N) is 2. The minimum absolute atomic E-state index is 0.117. The highest BCUT2D eigenvalue weighted by molar-refractivity contribution is 5.78. The Balaban J connectivity index is 1.85. The van der Waals surface area contributed by atoms with E-state index in [1.807, 2.05) is 31.2 Å². The molecule has 1 aliphatic heterocycles. The number of carbonyl (C=O) groups is 1. The van der Waals surface area contributed by atoms with E-state index < -0.39 is 11.6 Å². The molecule has 1 N–H and O–H groups in total. The Morgan fingerprint density at radius 2 is 2.28 bits per heavy atom. The number of rotatable bonds is 6. The lowest BCUT2D eigenvalue weighted by Gasteiger charge is -2.37. The van der Waals surface area contributed by atoms with E-state index in [0.29, 0.717) is 30.9 Å². The normalized spacial score (nSPS) is 23.2. The maximum atomic E-state index is 11.9. The number of ether oxygens (including phenoxy) is 3. The van der Waals surface area contributed by atoms with Gasteiger partial charge in [-0.05, 0) is 18.6 Å². The summed E-state index contributed by atoms with van der Waals surface area (Å²) in [5.74, 6) is 0.103. The summed E-state index contributed by atoms with van der Waals surface area (Å²) in [7, 11) is 1.59. The number of carboxylic acid groups (broad SMARTS) is 1. The van der Waals surface area contributed by atoms with Gasteiger partial charge in [0.05, 0.1) is 32.2 Å². The minimum Gasteiger partial charge on any atom is -0.494 e. The Labute approximate surface area is 146 Å². The lowest BCUT2D eigenvalue weighted by atomic mass is 9.89. The highest BCUT2D eigenvalue weighted by Gasteiger charge is 2.46. The first-order valence-electron chi connectivity index (χ1n) is 8.30. The first kappa shape index (κ1) is 17.3. The van der Waals surface area contributed by atoms with Gasteiger partial charge in [0.2, 0.25) is 5.60 Å². The monoisotopic (exact) mass is 346 g/mol. The summed E-state index contributed by atoms with van der Waals surface area (Å²) in [5.41, 5.74) is -0.532. The average Bonchev–Trinajstić information content (AvgIpc) is 3.09. The van der Waals surface area contributed by atoms with E-state index in [1.54, 1.807) is 18.0 Å². The van der Waals surface area contributed by atoms with E-state index in [2.05, 4.69) is 5.10 Å². The third kappa shape index (κ3) is 3.46. The van der Waals surface area contributed by atoms with E-state index >= 15 is 0 Å². The molecule has 2 unspecified atom stereocenters. The van der Waals surface area contributed by atoms with Crippen molar-refractivity contribution in [2.45, 2.75) is 37.9 Å². The highest BCUT2D eigenvalue weighted by Crippen LogP contribution is 2.33. The summed E-state index contributed by atoms with van der Waals surface area (Å²) >= 11 is 0. The molecule has 1 aromatic carbocycles. The Hall–Kier alpha value is -2.54. The van der Waals surface area contributed by atoms with Gasteiger partial charge < -0.3 is 19.3 Å². The lowest BCUT2D eigenvalue weighted by molar-refractivity contribution is -0.169. The van der Waals surface area contributed by atoms with Gasteiger partial charge in [-0.15, -0.1) is 0 Å². The molecule has 0 aliphatic carbocycles. The molecule has 7 nitrogen and oxygen atoms in total. The first-order valence-corrected chi connectivity index (χ1v) is 8.30. The average molecular weight is 346 g/mol. The second-order valence-corrected chi connectivity index (χ2v) is 6.05. The van der Waals surface area contributed by atoms with E-state index in [0.717, 1.165) is 12.1 Å². The van der Waals surface area contributed by atoms with Crippen molar-refractivity contribution >= 4 is 5.97 Å². The van der Waals surface area contributed by atoms with Gasteiger partial charge in [-0.2, -0.15) is 5.10 Å². The molecular formula is C18H22N2O5. The predicted octanol–water partition coefficient (Wildman–Crippen LogP) is 2.67. The zero-order chi connectivity index (χ0) is 17.9. The van der Waals surface area contributed by atoms with Crippen LogP contribution < -0.4 is 9.47 Å². The predicted molar refractivity (Wildman–Crippen MR) is 90.4 cm³/mol. The van der Waals surface area contributed by atoms with Crippen LogP contribution in [-0.2, 0) is 9.53 Å². The molecule has 0 amide bonds. The lowest BCUT2D eigenvalue weighted by Crippen LogP contribution is -2.51. The van der Waals surface area contributed by atoms with Crippen LogP contribution >= 0.6 is 0 Å². The molecule has 2 aromatic rings. The van der Waals surface area contributed by atoms with Gasteiger partial charge in [0.15, 0.2) is 5.75 Å². The Morgan fingerprint density at radius 1 is 1.48 bits per heavy atom. The Morgan fingerprint density at radius 3 is 3.00 bits per heavy atom. The van der Waals surface area contributed by atoms with E-state index in [4.69, 9.17) is 14.2 Å². The molecule has 1 fully saturated rings. The van der Waals surface area contributed by atoms with E-state index in [-0.39, 0.29) is 6.10 Å². The molecule has 3 rings (SSSR count). The van der Waals surface area contributed by atoms with Crippen LogP contribution in [0.15, 0.2) is 36.7 Å². The van der Waals surface area contributed by atoms with Crippen LogP contribution in [0.4, 0.5) is 0 Å². The molecule has 25 heavy (non-hydrogen) atoms. The minimum atomic E-state index is -1.28. The fourth-order valence-electron chi connectivity index (χ4n) is 3.05. The molecule has 2 heterocycles. The summed E-state index contributed by atoms with van der Waals surface area (Å²) in [5, 5.41) is 14.0. The number of para-hydroxylation sites is 2. The zero-order valence-electron chi connectivity index (χ0n) is 14.3. The Kier molecular flexibility index (Phi) is 4.94.